The fourth-order valence-corrected chi connectivity index (χ4v) is 8.58. The molecule has 4 aromatic rings. The van der Waals surface area contributed by atoms with Crippen molar-refractivity contribution in [2.45, 2.75) is 25.9 Å². The van der Waals surface area contributed by atoms with Crippen molar-refractivity contribution in [3.05, 3.63) is 80.5 Å². The fraction of sp³-hybridized carbons (Fsp3) is 0.353. The van der Waals surface area contributed by atoms with E-state index in [-0.39, 0.29) is 22.6 Å². The van der Waals surface area contributed by atoms with Crippen molar-refractivity contribution in [3.8, 4) is 33.6 Å². The summed E-state index contributed by atoms with van der Waals surface area (Å²) in [6.45, 7) is 5.85. The van der Waals surface area contributed by atoms with Crippen molar-refractivity contribution < 1.29 is 9.59 Å². The van der Waals surface area contributed by atoms with Gasteiger partial charge in [0.05, 0.1) is 45.2 Å². The molecule has 4 aliphatic heterocycles. The van der Waals surface area contributed by atoms with Crippen LogP contribution in [0.15, 0.2) is 48.8 Å². The quantitative estimate of drug-likeness (QED) is 0.256. The Hall–Kier alpha value is -3.38. The van der Waals surface area contributed by atoms with Crippen LogP contribution in [0.5, 0.6) is 0 Å². The molecule has 14 heteroatoms. The van der Waals surface area contributed by atoms with Crippen LogP contribution in [0, 0.1) is 10.8 Å². The number of halogens is 4. The molecule has 246 valence electrons. The molecular formula is C34H30Cl4N8O2. The van der Waals surface area contributed by atoms with Crippen LogP contribution in [0.25, 0.3) is 33.6 Å². The van der Waals surface area contributed by atoms with E-state index in [1.807, 2.05) is 36.4 Å². The molecule has 8 rings (SSSR count). The summed E-state index contributed by atoms with van der Waals surface area (Å²) >= 11 is 27.3. The van der Waals surface area contributed by atoms with Gasteiger partial charge in [-0.3, -0.25) is 29.4 Å². The van der Waals surface area contributed by atoms with Gasteiger partial charge >= 0.3 is 0 Å². The maximum atomic E-state index is 11.7. The van der Waals surface area contributed by atoms with Crippen LogP contribution in [0.1, 0.15) is 24.2 Å². The van der Waals surface area contributed by atoms with Crippen molar-refractivity contribution >= 4 is 58.2 Å². The van der Waals surface area contributed by atoms with Gasteiger partial charge in [-0.1, -0.05) is 82.8 Å². The lowest BCUT2D eigenvalue weighted by Crippen LogP contribution is -2.56. The minimum absolute atomic E-state index is 0.0288. The summed E-state index contributed by atoms with van der Waals surface area (Å²) in [4.78, 5) is 46.4. The second-order valence-electron chi connectivity index (χ2n) is 13.5. The molecule has 0 atom stereocenters. The van der Waals surface area contributed by atoms with E-state index in [1.165, 1.54) is 0 Å². The number of carbonyl (C=O) groups is 2. The lowest BCUT2D eigenvalue weighted by atomic mass is 9.79. The number of nitrogens with one attached hydrogen (secondary N) is 2. The summed E-state index contributed by atoms with van der Waals surface area (Å²) in [7, 11) is 0. The Bertz CT molecular complexity index is 1840. The third-order valence-electron chi connectivity index (χ3n) is 9.81. The fourth-order valence-electron chi connectivity index (χ4n) is 7.53. The molecular weight excluding hydrogens is 694 g/mol. The molecule has 0 saturated carbocycles. The van der Waals surface area contributed by atoms with Crippen molar-refractivity contribution in [2.24, 2.45) is 10.8 Å². The van der Waals surface area contributed by atoms with E-state index in [1.54, 1.807) is 12.4 Å². The second kappa shape index (κ2) is 12.2. The summed E-state index contributed by atoms with van der Waals surface area (Å²) in [6, 6.07) is 11.3. The Morgan fingerprint density at radius 1 is 0.625 bits per heavy atom. The molecule has 2 aromatic heterocycles. The van der Waals surface area contributed by atoms with Crippen molar-refractivity contribution in [2.75, 3.05) is 39.3 Å². The van der Waals surface area contributed by atoms with Crippen LogP contribution in [0.3, 0.4) is 0 Å². The summed E-state index contributed by atoms with van der Waals surface area (Å²) in [5.74, 6) is 0.232. The number of hydrogen-bond donors (Lipinski definition) is 2. The average molecular weight is 724 g/mol. The van der Waals surface area contributed by atoms with Gasteiger partial charge in [0.1, 0.15) is 0 Å². The first-order valence-corrected chi connectivity index (χ1v) is 17.2. The molecule has 4 fully saturated rings. The SMILES string of the molecule is O=C1CC2(CN1)CN(Cc1ncc(-c3cccc(-c4cccc(-c5cnc(CN6CC7(CNC(=O)C7)C6)c(Cl)n5)c4Cl)c3Cl)nc1Cl)C2. The monoisotopic (exact) mass is 722 g/mol. The zero-order valence-electron chi connectivity index (χ0n) is 25.7. The van der Waals surface area contributed by atoms with E-state index in [4.69, 9.17) is 46.4 Å². The van der Waals surface area contributed by atoms with Gasteiger partial charge in [0.25, 0.3) is 0 Å². The van der Waals surface area contributed by atoms with Crippen LogP contribution in [-0.2, 0) is 22.7 Å². The number of nitrogens with zero attached hydrogens (tertiary/aromatic N) is 6. The molecule has 2 spiro atoms. The largest absolute Gasteiger partial charge is 0.355 e. The Balaban J connectivity index is 0.990. The second-order valence-corrected chi connectivity index (χ2v) is 15.0. The van der Waals surface area contributed by atoms with Gasteiger partial charge in [-0.05, 0) is 0 Å². The molecule has 48 heavy (non-hydrogen) atoms. The van der Waals surface area contributed by atoms with E-state index in [2.05, 4.69) is 40.4 Å². The zero-order chi connectivity index (χ0) is 33.2. The first kappa shape index (κ1) is 31.9. The predicted molar refractivity (Wildman–Crippen MR) is 185 cm³/mol. The Morgan fingerprint density at radius 3 is 1.38 bits per heavy atom. The van der Waals surface area contributed by atoms with Gasteiger partial charge in [0.15, 0.2) is 10.3 Å². The Morgan fingerprint density at radius 2 is 1.02 bits per heavy atom. The van der Waals surface area contributed by atoms with Crippen LogP contribution < -0.4 is 10.6 Å². The van der Waals surface area contributed by atoms with Crippen LogP contribution >= 0.6 is 46.4 Å². The molecule has 6 heterocycles. The number of amides is 2. The maximum Gasteiger partial charge on any atom is 0.220 e. The lowest BCUT2D eigenvalue weighted by molar-refractivity contribution is -0.121. The van der Waals surface area contributed by atoms with E-state index >= 15 is 0 Å². The van der Waals surface area contributed by atoms with E-state index < -0.39 is 0 Å². The smallest absolute Gasteiger partial charge is 0.220 e. The summed E-state index contributed by atoms with van der Waals surface area (Å²) in [5, 5.41) is 7.41. The number of carbonyl (C=O) groups excluding carboxylic acids is 2. The van der Waals surface area contributed by atoms with Gasteiger partial charge in [-0.15, -0.1) is 0 Å². The number of likely N-dealkylation sites (tertiary alicyclic amines) is 2. The number of rotatable bonds is 7. The topological polar surface area (TPSA) is 116 Å². The molecule has 10 nitrogen and oxygen atoms in total. The average Bonchev–Trinajstić information content (AvgIpc) is 3.62. The number of hydrogen-bond acceptors (Lipinski definition) is 8. The first-order valence-electron chi connectivity index (χ1n) is 15.7. The van der Waals surface area contributed by atoms with Gasteiger partial charge in [-0.25, -0.2) is 9.97 Å². The van der Waals surface area contributed by atoms with E-state index in [0.29, 0.717) is 80.2 Å². The third-order valence-corrected chi connectivity index (χ3v) is 11.2. The van der Waals surface area contributed by atoms with E-state index in [9.17, 15) is 9.59 Å². The summed E-state index contributed by atoms with van der Waals surface area (Å²) in [6.07, 6.45) is 4.51. The molecule has 0 radical (unpaired) electrons. The molecule has 2 aromatic carbocycles. The summed E-state index contributed by atoms with van der Waals surface area (Å²) < 4.78 is 0. The Kier molecular flexibility index (Phi) is 8.09. The normalized spacial score (nSPS) is 19.8. The zero-order valence-corrected chi connectivity index (χ0v) is 28.7. The van der Waals surface area contributed by atoms with Crippen molar-refractivity contribution in [1.82, 2.24) is 40.4 Å². The maximum absolute atomic E-state index is 11.7. The van der Waals surface area contributed by atoms with Gasteiger partial charge < -0.3 is 10.6 Å². The van der Waals surface area contributed by atoms with Gasteiger partial charge in [0, 0.05) is 98.3 Å². The van der Waals surface area contributed by atoms with Crippen molar-refractivity contribution in [1.29, 1.82) is 0 Å². The highest BCUT2D eigenvalue weighted by molar-refractivity contribution is 6.39. The molecule has 2 amide bonds. The molecule has 0 aliphatic carbocycles. The van der Waals surface area contributed by atoms with Gasteiger partial charge in [0.2, 0.25) is 11.8 Å². The highest BCUT2D eigenvalue weighted by Gasteiger charge is 2.49. The standard InChI is InChI=1S/C34H30Cl4N8O2/c35-29-19(3-1-5-21(29)23-9-39-25(31(37)43-23)11-45-15-33(16-45)7-27(47)41-13-33)20-4-2-6-22(30(20)36)24-10-40-26(32(38)44-24)12-46-17-34(18-46)8-28(48)42-14-34/h1-6,9-10H,7-8,11-18H2,(H,41,47)(H,42,48). The highest BCUT2D eigenvalue weighted by atomic mass is 35.5. The van der Waals surface area contributed by atoms with E-state index in [0.717, 1.165) is 50.4 Å². The minimum Gasteiger partial charge on any atom is -0.355 e. The number of aromatic nitrogens is 4. The third kappa shape index (κ3) is 5.82. The predicted octanol–water partition coefficient (Wildman–Crippen LogP) is 5.53. The number of benzene rings is 2. The molecule has 2 N–H and O–H groups in total. The first-order chi connectivity index (χ1) is 23.1. The minimum atomic E-state index is 0.0288. The summed E-state index contributed by atoms with van der Waals surface area (Å²) in [5.41, 5.74) is 5.29. The van der Waals surface area contributed by atoms with Crippen LogP contribution in [0.4, 0.5) is 0 Å². The van der Waals surface area contributed by atoms with Crippen LogP contribution in [-0.4, -0.2) is 80.8 Å². The highest BCUT2D eigenvalue weighted by Crippen LogP contribution is 2.43. The molecule has 4 saturated heterocycles. The molecule has 4 aliphatic rings. The Labute approximate surface area is 297 Å². The van der Waals surface area contributed by atoms with Gasteiger partial charge in [-0.2, -0.15) is 0 Å². The van der Waals surface area contributed by atoms with Crippen molar-refractivity contribution in [3.63, 3.8) is 0 Å². The lowest BCUT2D eigenvalue weighted by Gasteiger charge is -2.47. The molecule has 0 unspecified atom stereocenters. The van der Waals surface area contributed by atoms with Crippen LogP contribution in [0.2, 0.25) is 20.4 Å². The molecule has 0 bridgehead atoms.